The lowest BCUT2D eigenvalue weighted by molar-refractivity contribution is -0.145. The molecule has 0 radical (unpaired) electrons. The van der Waals surface area contributed by atoms with Gasteiger partial charge in [-0.2, -0.15) is 0 Å². The van der Waals surface area contributed by atoms with Crippen LogP contribution in [0.3, 0.4) is 0 Å². The van der Waals surface area contributed by atoms with Gasteiger partial charge in [-0.25, -0.2) is 0 Å². The van der Waals surface area contributed by atoms with E-state index in [0.29, 0.717) is 26.1 Å². The Hall–Kier alpha value is -2.02. The predicted molar refractivity (Wildman–Crippen MR) is 97.9 cm³/mol. The number of nitrogens with two attached hydrogens (primary N) is 1. The van der Waals surface area contributed by atoms with Crippen molar-refractivity contribution < 1.29 is 9.59 Å². The zero-order valence-electron chi connectivity index (χ0n) is 16.0. The monoisotopic (exact) mass is 359 g/mol. The molecule has 2 N–H and O–H groups in total. The number of nitrogens with zero attached hydrogens (tertiary/aromatic N) is 4. The number of rotatable bonds is 3. The maximum atomic E-state index is 12.6. The van der Waals surface area contributed by atoms with Crippen molar-refractivity contribution in [1.82, 2.24) is 19.8 Å². The third-order valence-corrected chi connectivity index (χ3v) is 5.44. The van der Waals surface area contributed by atoms with Gasteiger partial charge < -0.3 is 15.5 Å². The van der Waals surface area contributed by atoms with Crippen molar-refractivity contribution in [3.8, 4) is 0 Å². The van der Waals surface area contributed by atoms with E-state index < -0.39 is 5.54 Å². The van der Waals surface area contributed by atoms with Crippen molar-refractivity contribution in [2.45, 2.75) is 58.5 Å². The summed E-state index contributed by atoms with van der Waals surface area (Å²) in [6.07, 6.45) is 6.80. The van der Waals surface area contributed by atoms with E-state index in [-0.39, 0.29) is 17.2 Å². The molecule has 26 heavy (non-hydrogen) atoms. The standard InChI is InChI=1S/C19H29N5O2/c1-14-9-22-15(10-21-14)11-24-13-19(7-5-16(24)25)6-4-8-23(12-19)17(26)18(2,3)20/h9-10H,4-8,11-13,20H2,1-3H3. The van der Waals surface area contributed by atoms with Crippen LogP contribution in [-0.4, -0.2) is 56.8 Å². The van der Waals surface area contributed by atoms with Crippen molar-refractivity contribution in [3.63, 3.8) is 0 Å². The van der Waals surface area contributed by atoms with Crippen LogP contribution in [0.5, 0.6) is 0 Å². The van der Waals surface area contributed by atoms with Crippen molar-refractivity contribution >= 4 is 11.8 Å². The summed E-state index contributed by atoms with van der Waals surface area (Å²) in [6, 6.07) is 0. The number of carbonyl (C=O) groups is 2. The number of likely N-dealkylation sites (tertiary alicyclic amines) is 2. The minimum atomic E-state index is -0.861. The van der Waals surface area contributed by atoms with E-state index in [0.717, 1.165) is 37.2 Å². The Bertz CT molecular complexity index is 682. The molecule has 2 aliphatic heterocycles. The van der Waals surface area contributed by atoms with Crippen LogP contribution in [0.4, 0.5) is 0 Å². The molecular formula is C19H29N5O2. The first-order valence-electron chi connectivity index (χ1n) is 9.32. The highest BCUT2D eigenvalue weighted by molar-refractivity contribution is 5.85. The predicted octanol–water partition coefficient (Wildman–Crippen LogP) is 1.25. The van der Waals surface area contributed by atoms with Crippen LogP contribution in [0.15, 0.2) is 12.4 Å². The largest absolute Gasteiger partial charge is 0.340 e. The van der Waals surface area contributed by atoms with Gasteiger partial charge in [-0.1, -0.05) is 0 Å². The third kappa shape index (κ3) is 4.03. The first-order valence-corrected chi connectivity index (χ1v) is 9.32. The van der Waals surface area contributed by atoms with E-state index in [1.165, 1.54) is 0 Å². The molecule has 7 nitrogen and oxygen atoms in total. The molecule has 2 aliphatic rings. The van der Waals surface area contributed by atoms with E-state index in [9.17, 15) is 9.59 Å². The van der Waals surface area contributed by atoms with Gasteiger partial charge >= 0.3 is 0 Å². The van der Waals surface area contributed by atoms with Gasteiger partial charge in [0, 0.05) is 37.7 Å². The molecule has 1 unspecified atom stereocenters. The molecule has 2 amide bonds. The Morgan fingerprint density at radius 3 is 2.69 bits per heavy atom. The van der Waals surface area contributed by atoms with Gasteiger partial charge in [-0.3, -0.25) is 19.6 Å². The van der Waals surface area contributed by atoms with Crippen molar-refractivity contribution in [3.05, 3.63) is 23.8 Å². The molecule has 0 aromatic carbocycles. The molecule has 7 heteroatoms. The molecule has 1 aromatic heterocycles. The Morgan fingerprint density at radius 1 is 1.27 bits per heavy atom. The van der Waals surface area contributed by atoms with Gasteiger partial charge in [-0.15, -0.1) is 0 Å². The molecule has 3 heterocycles. The Balaban J connectivity index is 1.72. The summed E-state index contributed by atoms with van der Waals surface area (Å²) in [5.41, 5.74) is 6.78. The second-order valence-corrected chi connectivity index (χ2v) is 8.45. The van der Waals surface area contributed by atoms with E-state index >= 15 is 0 Å². The first-order chi connectivity index (χ1) is 12.2. The number of piperidine rings is 2. The second-order valence-electron chi connectivity index (χ2n) is 8.45. The Kier molecular flexibility index (Phi) is 5.01. The zero-order chi connectivity index (χ0) is 18.9. The van der Waals surface area contributed by atoms with Gasteiger partial charge in [-0.05, 0) is 40.0 Å². The van der Waals surface area contributed by atoms with E-state index in [1.807, 2.05) is 16.7 Å². The quantitative estimate of drug-likeness (QED) is 0.877. The van der Waals surface area contributed by atoms with Crippen molar-refractivity contribution in [2.75, 3.05) is 19.6 Å². The summed E-state index contributed by atoms with van der Waals surface area (Å²) in [6.45, 7) is 7.96. The van der Waals surface area contributed by atoms with Crippen LogP contribution >= 0.6 is 0 Å². The molecule has 0 bridgehead atoms. The molecule has 142 valence electrons. The minimum Gasteiger partial charge on any atom is -0.340 e. The smallest absolute Gasteiger partial charge is 0.242 e. The highest BCUT2D eigenvalue weighted by Gasteiger charge is 2.44. The number of aryl methyl sites for hydroxylation is 1. The third-order valence-electron chi connectivity index (χ3n) is 5.44. The summed E-state index contributed by atoms with van der Waals surface area (Å²) in [4.78, 5) is 37.5. The number of carbonyl (C=O) groups excluding carboxylic acids is 2. The number of hydrogen-bond donors (Lipinski definition) is 1. The van der Waals surface area contributed by atoms with Crippen LogP contribution in [0.1, 0.15) is 50.9 Å². The van der Waals surface area contributed by atoms with Crippen LogP contribution in [-0.2, 0) is 16.1 Å². The fourth-order valence-electron chi connectivity index (χ4n) is 4.06. The maximum absolute atomic E-state index is 12.6. The molecule has 1 spiro atoms. The average molecular weight is 359 g/mol. The van der Waals surface area contributed by atoms with Crippen LogP contribution in [0.25, 0.3) is 0 Å². The molecule has 2 saturated heterocycles. The van der Waals surface area contributed by atoms with Gasteiger partial charge in [0.1, 0.15) is 0 Å². The zero-order valence-corrected chi connectivity index (χ0v) is 16.0. The van der Waals surface area contributed by atoms with Gasteiger partial charge in [0.25, 0.3) is 0 Å². The fourth-order valence-corrected chi connectivity index (χ4v) is 4.06. The number of aromatic nitrogens is 2. The molecule has 0 saturated carbocycles. The highest BCUT2D eigenvalue weighted by atomic mass is 16.2. The average Bonchev–Trinajstić information content (AvgIpc) is 2.59. The molecular weight excluding hydrogens is 330 g/mol. The minimum absolute atomic E-state index is 0.00979. The van der Waals surface area contributed by atoms with E-state index in [1.54, 1.807) is 26.2 Å². The molecule has 2 fully saturated rings. The molecule has 0 aliphatic carbocycles. The van der Waals surface area contributed by atoms with Crippen LogP contribution in [0.2, 0.25) is 0 Å². The summed E-state index contributed by atoms with van der Waals surface area (Å²) in [5.74, 6) is 0.144. The molecule has 1 aromatic rings. The fraction of sp³-hybridized carbons (Fsp3) is 0.684. The lowest BCUT2D eigenvalue weighted by atomic mass is 9.73. The van der Waals surface area contributed by atoms with E-state index in [4.69, 9.17) is 5.73 Å². The van der Waals surface area contributed by atoms with Crippen LogP contribution in [0, 0.1) is 12.3 Å². The lowest BCUT2D eigenvalue weighted by Crippen LogP contribution is -2.59. The second kappa shape index (κ2) is 6.95. The topological polar surface area (TPSA) is 92.4 Å². The summed E-state index contributed by atoms with van der Waals surface area (Å²) >= 11 is 0. The highest BCUT2D eigenvalue weighted by Crippen LogP contribution is 2.39. The van der Waals surface area contributed by atoms with Gasteiger partial charge in [0.2, 0.25) is 11.8 Å². The molecule has 3 rings (SSSR count). The van der Waals surface area contributed by atoms with Gasteiger partial charge in [0.15, 0.2) is 0 Å². The first kappa shape index (κ1) is 18.8. The summed E-state index contributed by atoms with van der Waals surface area (Å²) in [7, 11) is 0. The summed E-state index contributed by atoms with van der Waals surface area (Å²) < 4.78 is 0. The molecule has 1 atom stereocenters. The number of hydrogen-bond acceptors (Lipinski definition) is 5. The number of amides is 2. The summed E-state index contributed by atoms with van der Waals surface area (Å²) in [5, 5.41) is 0. The van der Waals surface area contributed by atoms with Crippen molar-refractivity contribution in [1.29, 1.82) is 0 Å². The van der Waals surface area contributed by atoms with Gasteiger partial charge in [0.05, 0.1) is 29.7 Å². The lowest BCUT2D eigenvalue weighted by Gasteiger charge is -2.49. The van der Waals surface area contributed by atoms with E-state index in [2.05, 4.69) is 9.97 Å². The SMILES string of the molecule is Cc1cnc(CN2CC3(CCCN(C(=O)C(C)(C)N)C3)CCC2=O)cn1. The van der Waals surface area contributed by atoms with Crippen molar-refractivity contribution in [2.24, 2.45) is 11.1 Å². The maximum Gasteiger partial charge on any atom is 0.242 e. The normalized spacial score (nSPS) is 24.2. The Labute approximate surface area is 155 Å². The van der Waals surface area contributed by atoms with Crippen LogP contribution < -0.4 is 5.73 Å². The Morgan fingerprint density at radius 2 is 2.04 bits per heavy atom.